The van der Waals surface area contributed by atoms with E-state index in [0.717, 1.165) is 46.5 Å². The molecule has 1 aliphatic rings. The van der Waals surface area contributed by atoms with E-state index in [1.54, 1.807) is 24.5 Å². The van der Waals surface area contributed by atoms with Crippen molar-refractivity contribution in [2.75, 3.05) is 6.54 Å². The molecule has 1 aromatic heterocycles. The number of nitrogens with one attached hydrogen (secondary N) is 1. The molecule has 1 saturated heterocycles. The first-order valence-electron chi connectivity index (χ1n) is 18.2. The molecule has 7 rings (SSSR count). The number of ether oxygens (including phenoxy) is 2. The van der Waals surface area contributed by atoms with Crippen LogP contribution < -0.4 is 5.32 Å². The van der Waals surface area contributed by atoms with Crippen LogP contribution in [0.25, 0.3) is 11.1 Å². The molecule has 6 aromatic rings. The topological polar surface area (TPSA) is 83.9 Å². The van der Waals surface area contributed by atoms with E-state index in [-0.39, 0.29) is 30.6 Å². The van der Waals surface area contributed by atoms with Crippen LogP contribution in [0, 0.1) is 5.92 Å². The van der Waals surface area contributed by atoms with E-state index in [2.05, 4.69) is 125 Å². The number of aromatic nitrogens is 1. The fourth-order valence-electron chi connectivity index (χ4n) is 6.96. The van der Waals surface area contributed by atoms with E-state index in [9.17, 15) is 9.90 Å². The van der Waals surface area contributed by atoms with Gasteiger partial charge in [-0.1, -0.05) is 128 Å². The predicted molar refractivity (Wildman–Crippen MR) is 207 cm³/mol. The molecule has 1 amide bonds. The maximum atomic E-state index is 12.7. The molecule has 0 aliphatic carbocycles. The van der Waals surface area contributed by atoms with Crippen LogP contribution in [0.15, 0.2) is 158 Å². The summed E-state index contributed by atoms with van der Waals surface area (Å²) in [5.74, 6) is -0.116. The number of hydrogen-bond acceptors (Lipinski definition) is 6. The van der Waals surface area contributed by atoms with Gasteiger partial charge in [0.1, 0.15) is 0 Å². The Morgan fingerprint density at radius 1 is 0.698 bits per heavy atom. The number of aliphatic hydroxyl groups excluding tert-OH is 1. The van der Waals surface area contributed by atoms with Crippen LogP contribution in [0.1, 0.15) is 63.1 Å². The highest BCUT2D eigenvalue weighted by molar-refractivity contribution is 5.93. The molecular weight excluding hydrogens is 659 g/mol. The van der Waals surface area contributed by atoms with Crippen molar-refractivity contribution in [1.82, 2.24) is 15.2 Å². The molecule has 1 fully saturated rings. The summed E-state index contributed by atoms with van der Waals surface area (Å²) in [6, 6.07) is 49.3. The Labute approximate surface area is 311 Å². The van der Waals surface area contributed by atoms with Gasteiger partial charge in [-0.05, 0) is 63.2 Å². The van der Waals surface area contributed by atoms with E-state index in [0.29, 0.717) is 18.7 Å². The molecular formula is C46H45N3O4. The number of carbonyl (C=O) groups is 1. The lowest BCUT2D eigenvalue weighted by molar-refractivity contribution is -0.276. The highest BCUT2D eigenvalue weighted by atomic mass is 16.7. The van der Waals surface area contributed by atoms with E-state index in [1.807, 2.05) is 30.3 Å². The minimum atomic E-state index is -0.601. The van der Waals surface area contributed by atoms with Crippen LogP contribution in [0.5, 0.6) is 0 Å². The molecule has 53 heavy (non-hydrogen) atoms. The van der Waals surface area contributed by atoms with Crippen LogP contribution in [0.2, 0.25) is 0 Å². The molecule has 0 saturated carbocycles. The highest BCUT2D eigenvalue weighted by Gasteiger charge is 2.39. The van der Waals surface area contributed by atoms with Crippen molar-refractivity contribution in [2.24, 2.45) is 5.92 Å². The fourth-order valence-corrected chi connectivity index (χ4v) is 6.96. The zero-order valence-corrected chi connectivity index (χ0v) is 29.9. The van der Waals surface area contributed by atoms with Gasteiger partial charge in [-0.2, -0.15) is 0 Å². The zero-order chi connectivity index (χ0) is 36.4. The van der Waals surface area contributed by atoms with Gasteiger partial charge in [0.2, 0.25) is 0 Å². The minimum Gasteiger partial charge on any atom is -0.392 e. The summed E-state index contributed by atoms with van der Waals surface area (Å²) in [7, 11) is 0. The third kappa shape index (κ3) is 9.33. The van der Waals surface area contributed by atoms with Gasteiger partial charge in [0, 0.05) is 50.1 Å². The molecule has 268 valence electrons. The molecule has 7 heteroatoms. The second-order valence-electron chi connectivity index (χ2n) is 13.7. The third-order valence-electron chi connectivity index (χ3n) is 9.86. The van der Waals surface area contributed by atoms with Crippen LogP contribution in [-0.2, 0) is 35.7 Å². The average molecular weight is 704 g/mol. The van der Waals surface area contributed by atoms with Crippen molar-refractivity contribution in [3.63, 3.8) is 0 Å². The number of amides is 1. The molecule has 5 aromatic carbocycles. The number of pyridine rings is 1. The van der Waals surface area contributed by atoms with Crippen molar-refractivity contribution in [2.45, 2.75) is 51.7 Å². The van der Waals surface area contributed by atoms with E-state index >= 15 is 0 Å². The van der Waals surface area contributed by atoms with Gasteiger partial charge in [-0.25, -0.2) is 0 Å². The van der Waals surface area contributed by atoms with E-state index < -0.39 is 6.29 Å². The van der Waals surface area contributed by atoms with Crippen molar-refractivity contribution in [1.29, 1.82) is 0 Å². The number of carbonyl (C=O) groups excluding carboxylic acids is 1. The SMILES string of the molecule is CC1C(CN(Cc2ccccc2)Cc2ccccc2)OC(c2cccc(-c3cccc(CNC(=O)c4cccnc4)c3)c2)OC1c1ccc(CO)cc1. The van der Waals surface area contributed by atoms with Crippen molar-refractivity contribution in [3.05, 3.63) is 197 Å². The summed E-state index contributed by atoms with van der Waals surface area (Å²) in [6.45, 7) is 4.89. The van der Waals surface area contributed by atoms with Gasteiger partial charge in [0.05, 0.1) is 24.4 Å². The number of benzene rings is 5. The van der Waals surface area contributed by atoms with Gasteiger partial charge in [0.25, 0.3) is 5.91 Å². The van der Waals surface area contributed by atoms with Gasteiger partial charge >= 0.3 is 0 Å². The van der Waals surface area contributed by atoms with Crippen molar-refractivity contribution < 1.29 is 19.4 Å². The summed E-state index contributed by atoms with van der Waals surface area (Å²) in [5, 5.41) is 12.7. The molecule has 4 atom stereocenters. The Bertz CT molecular complexity index is 2020. The summed E-state index contributed by atoms with van der Waals surface area (Å²) in [5.41, 5.74) is 8.95. The van der Waals surface area contributed by atoms with Crippen LogP contribution >= 0.6 is 0 Å². The maximum Gasteiger partial charge on any atom is 0.253 e. The summed E-state index contributed by atoms with van der Waals surface area (Å²) < 4.78 is 13.8. The summed E-state index contributed by atoms with van der Waals surface area (Å²) in [4.78, 5) is 19.2. The average Bonchev–Trinajstić information content (AvgIpc) is 3.22. The summed E-state index contributed by atoms with van der Waals surface area (Å²) in [6.07, 6.45) is 2.25. The number of hydrogen-bond donors (Lipinski definition) is 2. The quantitative estimate of drug-likeness (QED) is 0.125. The largest absolute Gasteiger partial charge is 0.392 e. The van der Waals surface area contributed by atoms with E-state index in [4.69, 9.17) is 9.47 Å². The molecule has 2 N–H and O–H groups in total. The summed E-state index contributed by atoms with van der Waals surface area (Å²) >= 11 is 0. The maximum absolute atomic E-state index is 12.7. The molecule has 1 aliphatic heterocycles. The first kappa shape index (κ1) is 35.9. The standard InChI is InChI=1S/C46H45N3O4/c1-33-43(31-49(29-34-11-4-2-5-12-34)30-35-13-6-3-7-14-35)52-46(53-44(33)38-22-20-36(32-50)21-23-38)41-18-9-17-40(26-41)39-16-8-15-37(25-39)27-48-45(51)42-19-10-24-47-28-42/h2-26,28,33,43-44,46,50H,27,29-32H2,1H3,(H,48,51). The normalized spacial score (nSPS) is 18.5. The van der Waals surface area contributed by atoms with Crippen LogP contribution in [0.4, 0.5) is 0 Å². The third-order valence-corrected chi connectivity index (χ3v) is 9.86. The van der Waals surface area contributed by atoms with Gasteiger partial charge < -0.3 is 19.9 Å². The second kappa shape index (κ2) is 17.4. The van der Waals surface area contributed by atoms with Crippen LogP contribution in [-0.4, -0.2) is 33.5 Å². The molecule has 7 nitrogen and oxygen atoms in total. The molecule has 0 bridgehead atoms. The van der Waals surface area contributed by atoms with E-state index in [1.165, 1.54) is 11.1 Å². The first-order chi connectivity index (χ1) is 26.0. The zero-order valence-electron chi connectivity index (χ0n) is 29.9. The Kier molecular flexibility index (Phi) is 11.8. The lowest BCUT2D eigenvalue weighted by atomic mass is 9.89. The Balaban J connectivity index is 1.15. The Hall–Kier alpha value is -5.44. The molecule has 0 radical (unpaired) electrons. The Morgan fingerprint density at radius 2 is 1.36 bits per heavy atom. The van der Waals surface area contributed by atoms with Gasteiger partial charge in [-0.15, -0.1) is 0 Å². The first-order valence-corrected chi connectivity index (χ1v) is 18.2. The van der Waals surface area contributed by atoms with Crippen LogP contribution in [0.3, 0.4) is 0 Å². The molecule has 2 heterocycles. The van der Waals surface area contributed by atoms with Crippen molar-refractivity contribution in [3.8, 4) is 11.1 Å². The number of nitrogens with zero attached hydrogens (tertiary/aromatic N) is 2. The minimum absolute atomic E-state index is 0.00544. The lowest BCUT2D eigenvalue weighted by Crippen LogP contribution is -2.44. The monoisotopic (exact) mass is 703 g/mol. The fraction of sp³-hybridized carbons (Fsp3) is 0.217. The van der Waals surface area contributed by atoms with Crippen molar-refractivity contribution >= 4 is 5.91 Å². The smallest absolute Gasteiger partial charge is 0.253 e. The molecule has 4 unspecified atom stereocenters. The second-order valence-corrected chi connectivity index (χ2v) is 13.7. The predicted octanol–water partition coefficient (Wildman–Crippen LogP) is 8.66. The van der Waals surface area contributed by atoms with Gasteiger partial charge in [0.15, 0.2) is 6.29 Å². The van der Waals surface area contributed by atoms with Gasteiger partial charge in [-0.3, -0.25) is 14.7 Å². The Morgan fingerprint density at radius 3 is 2.02 bits per heavy atom. The molecule has 0 spiro atoms. The number of aliphatic hydroxyl groups is 1. The highest BCUT2D eigenvalue weighted by Crippen LogP contribution is 2.42. The lowest BCUT2D eigenvalue weighted by Gasteiger charge is -2.43. The number of rotatable bonds is 13.